The Morgan fingerprint density at radius 3 is 2.60 bits per heavy atom. The number of carbonyl (C=O) groups excluding carboxylic acids is 1. The fraction of sp³-hybridized carbons (Fsp3) is 0.0625. The summed E-state index contributed by atoms with van der Waals surface area (Å²) in [5, 5.41) is 7.23. The number of carbonyl (C=O) groups is 1. The molecular weight excluding hydrogens is 387 g/mol. The predicted octanol–water partition coefficient (Wildman–Crippen LogP) is 4.84. The third-order valence-electron chi connectivity index (χ3n) is 3.44. The van der Waals surface area contributed by atoms with Crippen molar-refractivity contribution in [1.29, 1.82) is 0 Å². The Kier molecular flexibility index (Phi) is 4.85. The molecule has 0 saturated carbocycles. The van der Waals surface area contributed by atoms with Gasteiger partial charge in [-0.1, -0.05) is 40.0 Å². The molecule has 1 amide bonds. The maximum absolute atomic E-state index is 12.2. The van der Waals surface area contributed by atoms with Crippen LogP contribution in [0.5, 0.6) is 0 Å². The Morgan fingerprint density at radius 2 is 1.96 bits per heavy atom. The van der Waals surface area contributed by atoms with E-state index in [-0.39, 0.29) is 11.6 Å². The first-order chi connectivity index (χ1) is 11.9. The number of nitrogens with one attached hydrogen (secondary N) is 1. The number of halogens is 3. The summed E-state index contributed by atoms with van der Waals surface area (Å²) in [5.74, 6) is 0.445. The number of hydrogen-bond donors (Lipinski definition) is 2. The molecule has 0 aliphatic carbocycles. The largest absolute Gasteiger partial charge is 0.383 e. The molecule has 128 valence electrons. The minimum absolute atomic E-state index is 0.167. The number of rotatable bonds is 3. The van der Waals surface area contributed by atoms with Crippen molar-refractivity contribution in [3.63, 3.8) is 0 Å². The molecule has 0 aliphatic heterocycles. The summed E-state index contributed by atoms with van der Waals surface area (Å²) in [5.41, 5.74) is 7.42. The van der Waals surface area contributed by atoms with Crippen LogP contribution in [0.2, 0.25) is 15.1 Å². The van der Waals surface area contributed by atoms with E-state index in [4.69, 9.17) is 45.1 Å². The highest BCUT2D eigenvalue weighted by atomic mass is 35.5. The van der Waals surface area contributed by atoms with Gasteiger partial charge in [-0.25, -0.2) is 4.98 Å². The van der Waals surface area contributed by atoms with Gasteiger partial charge in [0.15, 0.2) is 0 Å². The van der Waals surface area contributed by atoms with E-state index in [1.165, 1.54) is 12.3 Å². The molecule has 6 nitrogen and oxygen atoms in total. The summed E-state index contributed by atoms with van der Waals surface area (Å²) in [6.45, 7) is 1.64. The lowest BCUT2D eigenvalue weighted by molar-refractivity contribution is 0.102. The number of nitrogen functional groups attached to an aromatic ring is 1. The van der Waals surface area contributed by atoms with Crippen molar-refractivity contribution in [2.75, 3.05) is 11.1 Å². The van der Waals surface area contributed by atoms with Crippen molar-refractivity contribution in [2.45, 2.75) is 6.92 Å². The highest BCUT2D eigenvalue weighted by Gasteiger charge is 2.16. The first-order valence-corrected chi connectivity index (χ1v) is 8.14. The van der Waals surface area contributed by atoms with E-state index in [1.807, 2.05) is 0 Å². The number of nitrogens with zero attached hydrogens (tertiary/aromatic N) is 2. The van der Waals surface area contributed by atoms with Crippen LogP contribution in [0.25, 0.3) is 11.1 Å². The van der Waals surface area contributed by atoms with Crippen molar-refractivity contribution in [1.82, 2.24) is 10.1 Å². The number of nitrogens with two attached hydrogens (primary N) is 1. The number of anilines is 2. The van der Waals surface area contributed by atoms with Gasteiger partial charge in [0.2, 0.25) is 0 Å². The molecule has 3 aromatic rings. The first-order valence-electron chi connectivity index (χ1n) is 7.01. The number of aryl methyl sites for hydroxylation is 1. The van der Waals surface area contributed by atoms with Crippen LogP contribution in [-0.4, -0.2) is 16.0 Å². The van der Waals surface area contributed by atoms with Crippen LogP contribution in [0.1, 0.15) is 16.1 Å². The van der Waals surface area contributed by atoms with Crippen molar-refractivity contribution in [2.24, 2.45) is 0 Å². The molecule has 0 aliphatic rings. The standard InChI is InChI=1S/C16H11Cl3N4O2/c1-7-11(6-21-25-7)16(24)23-13-3-2-9(15(20)22-13)10-4-8(17)5-12(18)14(10)19/h2-6H,1H3,(H3,20,22,23,24). The van der Waals surface area contributed by atoms with E-state index < -0.39 is 5.91 Å². The SMILES string of the molecule is Cc1oncc1C(=O)Nc1ccc(-c2cc(Cl)cc(Cl)c2Cl)c(N)n1. The van der Waals surface area contributed by atoms with Crippen LogP contribution in [0.4, 0.5) is 11.6 Å². The highest BCUT2D eigenvalue weighted by Crippen LogP contribution is 2.38. The van der Waals surface area contributed by atoms with Crippen LogP contribution < -0.4 is 11.1 Å². The van der Waals surface area contributed by atoms with Gasteiger partial charge in [0.1, 0.15) is 23.0 Å². The number of pyridine rings is 1. The zero-order valence-corrected chi connectivity index (χ0v) is 15.1. The van der Waals surface area contributed by atoms with Crippen molar-refractivity contribution in [3.8, 4) is 11.1 Å². The molecule has 0 saturated heterocycles. The number of aromatic nitrogens is 2. The van der Waals surface area contributed by atoms with Gasteiger partial charge in [-0.05, 0) is 31.2 Å². The maximum Gasteiger partial charge on any atom is 0.262 e. The zero-order valence-electron chi connectivity index (χ0n) is 12.8. The van der Waals surface area contributed by atoms with Gasteiger partial charge in [-0.3, -0.25) is 4.79 Å². The fourth-order valence-corrected chi connectivity index (χ4v) is 2.93. The summed E-state index contributed by atoms with van der Waals surface area (Å²) in [6, 6.07) is 6.44. The van der Waals surface area contributed by atoms with Gasteiger partial charge >= 0.3 is 0 Å². The summed E-state index contributed by atoms with van der Waals surface area (Å²) < 4.78 is 4.86. The average Bonchev–Trinajstić information content (AvgIpc) is 2.97. The summed E-state index contributed by atoms with van der Waals surface area (Å²) in [4.78, 5) is 16.3. The van der Waals surface area contributed by atoms with Gasteiger partial charge in [-0.15, -0.1) is 0 Å². The Balaban J connectivity index is 1.92. The monoisotopic (exact) mass is 396 g/mol. The van der Waals surface area contributed by atoms with Crippen LogP contribution in [-0.2, 0) is 0 Å². The molecule has 25 heavy (non-hydrogen) atoms. The lowest BCUT2D eigenvalue weighted by Gasteiger charge is -2.11. The zero-order chi connectivity index (χ0) is 18.1. The summed E-state index contributed by atoms with van der Waals surface area (Å²) >= 11 is 18.3. The summed E-state index contributed by atoms with van der Waals surface area (Å²) in [7, 11) is 0. The second-order valence-electron chi connectivity index (χ2n) is 5.13. The molecule has 0 fully saturated rings. The molecule has 1 aromatic carbocycles. The molecular formula is C16H11Cl3N4O2. The Labute approximate surface area is 157 Å². The predicted molar refractivity (Wildman–Crippen MR) is 98.3 cm³/mol. The lowest BCUT2D eigenvalue weighted by atomic mass is 10.1. The van der Waals surface area contributed by atoms with E-state index in [2.05, 4.69) is 15.5 Å². The van der Waals surface area contributed by atoms with Crippen LogP contribution >= 0.6 is 34.8 Å². The van der Waals surface area contributed by atoms with E-state index in [9.17, 15) is 4.79 Å². The van der Waals surface area contributed by atoms with Crippen LogP contribution in [0.3, 0.4) is 0 Å². The molecule has 0 bridgehead atoms. The molecule has 0 spiro atoms. The smallest absolute Gasteiger partial charge is 0.262 e. The average molecular weight is 398 g/mol. The maximum atomic E-state index is 12.2. The summed E-state index contributed by atoms with van der Waals surface area (Å²) in [6.07, 6.45) is 1.33. The minimum Gasteiger partial charge on any atom is -0.383 e. The molecule has 2 heterocycles. The van der Waals surface area contributed by atoms with Gasteiger partial charge in [0.25, 0.3) is 5.91 Å². The van der Waals surface area contributed by atoms with E-state index in [1.54, 1.807) is 25.1 Å². The second-order valence-corrected chi connectivity index (χ2v) is 6.35. The molecule has 3 N–H and O–H groups in total. The Morgan fingerprint density at radius 1 is 1.20 bits per heavy atom. The third kappa shape index (κ3) is 3.56. The highest BCUT2D eigenvalue weighted by molar-refractivity contribution is 6.45. The molecule has 0 radical (unpaired) electrons. The molecule has 2 aromatic heterocycles. The topological polar surface area (TPSA) is 94.0 Å². The number of amides is 1. The van der Waals surface area contributed by atoms with Gasteiger partial charge in [0, 0.05) is 16.1 Å². The first kappa shape index (κ1) is 17.5. The quantitative estimate of drug-likeness (QED) is 0.617. The van der Waals surface area contributed by atoms with Crippen molar-refractivity contribution >= 4 is 52.3 Å². The molecule has 0 unspecified atom stereocenters. The molecule has 3 rings (SSSR count). The Hall–Kier alpha value is -2.28. The minimum atomic E-state index is -0.401. The number of benzene rings is 1. The lowest BCUT2D eigenvalue weighted by Crippen LogP contribution is -2.13. The van der Waals surface area contributed by atoms with Crippen LogP contribution in [0.15, 0.2) is 35.0 Å². The van der Waals surface area contributed by atoms with E-state index in [0.29, 0.717) is 37.5 Å². The van der Waals surface area contributed by atoms with Gasteiger partial charge in [0.05, 0.1) is 16.2 Å². The third-order valence-corrected chi connectivity index (χ3v) is 4.47. The molecule has 9 heteroatoms. The van der Waals surface area contributed by atoms with Crippen LogP contribution in [0, 0.1) is 6.92 Å². The normalized spacial score (nSPS) is 10.7. The molecule has 0 atom stereocenters. The van der Waals surface area contributed by atoms with Gasteiger partial charge < -0.3 is 15.6 Å². The number of hydrogen-bond acceptors (Lipinski definition) is 5. The van der Waals surface area contributed by atoms with Crippen molar-refractivity contribution < 1.29 is 9.32 Å². The van der Waals surface area contributed by atoms with E-state index >= 15 is 0 Å². The Bertz CT molecular complexity index is 972. The van der Waals surface area contributed by atoms with Gasteiger partial charge in [-0.2, -0.15) is 0 Å². The van der Waals surface area contributed by atoms with Crippen molar-refractivity contribution in [3.05, 3.63) is 56.9 Å². The second kappa shape index (κ2) is 6.92. The van der Waals surface area contributed by atoms with E-state index in [0.717, 1.165) is 0 Å². The fourth-order valence-electron chi connectivity index (χ4n) is 2.22.